The van der Waals surface area contributed by atoms with E-state index >= 15 is 0 Å². The van der Waals surface area contributed by atoms with Gasteiger partial charge >= 0.3 is 0 Å². The van der Waals surface area contributed by atoms with E-state index in [-0.39, 0.29) is 17.2 Å². The van der Waals surface area contributed by atoms with Crippen LogP contribution in [-0.4, -0.2) is 15.3 Å². The van der Waals surface area contributed by atoms with Gasteiger partial charge in [-0.25, -0.2) is 0 Å². The summed E-state index contributed by atoms with van der Waals surface area (Å²) in [6.07, 6.45) is 1.76. The molecule has 140 valence electrons. The van der Waals surface area contributed by atoms with Gasteiger partial charge in [-0.1, -0.05) is 54.4 Å². The molecule has 0 saturated heterocycles. The Bertz CT molecular complexity index is 974. The van der Waals surface area contributed by atoms with E-state index in [4.69, 9.17) is 0 Å². The molecule has 3 aromatic carbocycles. The lowest BCUT2D eigenvalue weighted by molar-refractivity contribution is 0.458. The maximum Gasteiger partial charge on any atom is 0.122 e. The molecule has 0 heterocycles. The summed E-state index contributed by atoms with van der Waals surface area (Å²) in [5.74, 6) is 0.806. The highest BCUT2D eigenvalue weighted by Crippen LogP contribution is 2.32. The smallest absolute Gasteiger partial charge is 0.122 e. The van der Waals surface area contributed by atoms with Gasteiger partial charge in [-0.3, -0.25) is 0 Å². The molecule has 0 saturated carbocycles. The van der Waals surface area contributed by atoms with E-state index < -0.39 is 0 Å². The van der Waals surface area contributed by atoms with E-state index in [1.54, 1.807) is 12.1 Å². The molecule has 0 bridgehead atoms. The third-order valence-electron chi connectivity index (χ3n) is 4.95. The summed E-state index contributed by atoms with van der Waals surface area (Å²) >= 11 is 0. The van der Waals surface area contributed by atoms with Crippen LogP contribution in [0.25, 0.3) is 0 Å². The number of hydrogen-bond acceptors (Lipinski definition) is 3. The Morgan fingerprint density at radius 1 is 0.630 bits per heavy atom. The first-order chi connectivity index (χ1) is 12.9. The van der Waals surface area contributed by atoms with Crippen molar-refractivity contribution in [2.24, 2.45) is 0 Å². The lowest BCUT2D eigenvalue weighted by atomic mass is 9.93. The lowest BCUT2D eigenvalue weighted by Crippen LogP contribution is -1.98. The SMILES string of the molecule is CCc1cc(Cc2cc(C)ccc2O)cc(Cc2cc(C)ccc2O)c1O. The second-order valence-corrected chi connectivity index (χ2v) is 7.23. The van der Waals surface area contributed by atoms with Gasteiger partial charge in [0.1, 0.15) is 17.2 Å². The van der Waals surface area contributed by atoms with Gasteiger partial charge in [0.25, 0.3) is 0 Å². The van der Waals surface area contributed by atoms with E-state index in [9.17, 15) is 15.3 Å². The Kier molecular flexibility index (Phi) is 5.41. The molecule has 3 heteroatoms. The van der Waals surface area contributed by atoms with Crippen LogP contribution in [0.5, 0.6) is 17.2 Å². The Morgan fingerprint density at radius 3 is 1.70 bits per heavy atom. The first kappa shape index (κ1) is 18.8. The molecule has 3 aromatic rings. The zero-order valence-corrected chi connectivity index (χ0v) is 16.1. The fourth-order valence-corrected chi connectivity index (χ4v) is 3.48. The molecular weight excluding hydrogens is 336 g/mol. The van der Waals surface area contributed by atoms with E-state index in [1.165, 1.54) is 0 Å². The molecule has 27 heavy (non-hydrogen) atoms. The molecular formula is C24H26O3. The average Bonchev–Trinajstić information content (AvgIpc) is 2.63. The third kappa shape index (κ3) is 4.25. The Balaban J connectivity index is 2.00. The van der Waals surface area contributed by atoms with Gasteiger partial charge in [-0.2, -0.15) is 0 Å². The Morgan fingerprint density at radius 2 is 1.15 bits per heavy atom. The molecule has 3 N–H and O–H groups in total. The first-order valence-electron chi connectivity index (χ1n) is 9.28. The molecule has 0 atom stereocenters. The number of phenolic OH excluding ortho intramolecular Hbond substituents is 3. The minimum atomic E-state index is 0.236. The second-order valence-electron chi connectivity index (χ2n) is 7.23. The Hall–Kier alpha value is -2.94. The van der Waals surface area contributed by atoms with Crippen LogP contribution in [0.2, 0.25) is 0 Å². The van der Waals surface area contributed by atoms with Crippen molar-refractivity contribution in [1.29, 1.82) is 0 Å². The number of rotatable bonds is 5. The predicted molar refractivity (Wildman–Crippen MR) is 109 cm³/mol. The number of phenols is 3. The predicted octanol–water partition coefficient (Wildman–Crippen LogP) is 5.16. The normalized spacial score (nSPS) is 10.9. The molecule has 0 aliphatic rings. The maximum absolute atomic E-state index is 10.7. The fraction of sp³-hybridized carbons (Fsp3) is 0.250. The van der Waals surface area contributed by atoms with E-state index in [0.717, 1.165) is 38.9 Å². The van der Waals surface area contributed by atoms with E-state index in [1.807, 2.05) is 57.2 Å². The summed E-state index contributed by atoms with van der Waals surface area (Å²) in [4.78, 5) is 0. The summed E-state index contributed by atoms with van der Waals surface area (Å²) in [7, 11) is 0. The fourth-order valence-electron chi connectivity index (χ4n) is 3.48. The molecule has 0 amide bonds. The van der Waals surface area contributed by atoms with Gasteiger partial charge < -0.3 is 15.3 Å². The number of aryl methyl sites for hydroxylation is 3. The molecule has 0 fully saturated rings. The third-order valence-corrected chi connectivity index (χ3v) is 4.95. The summed E-state index contributed by atoms with van der Waals surface area (Å²) in [6, 6.07) is 15.1. The van der Waals surface area contributed by atoms with Crippen molar-refractivity contribution >= 4 is 0 Å². The minimum Gasteiger partial charge on any atom is -0.508 e. The van der Waals surface area contributed by atoms with Crippen LogP contribution in [0.3, 0.4) is 0 Å². The zero-order valence-electron chi connectivity index (χ0n) is 16.1. The highest BCUT2D eigenvalue weighted by atomic mass is 16.3. The average molecular weight is 362 g/mol. The van der Waals surface area contributed by atoms with Gasteiger partial charge in [-0.15, -0.1) is 0 Å². The molecule has 0 unspecified atom stereocenters. The largest absolute Gasteiger partial charge is 0.508 e. The van der Waals surface area contributed by atoms with Crippen LogP contribution in [0, 0.1) is 13.8 Å². The van der Waals surface area contributed by atoms with Crippen molar-refractivity contribution in [2.75, 3.05) is 0 Å². The molecule has 3 nitrogen and oxygen atoms in total. The molecule has 3 rings (SSSR count). The monoisotopic (exact) mass is 362 g/mol. The second kappa shape index (κ2) is 7.75. The van der Waals surface area contributed by atoms with E-state index in [2.05, 4.69) is 0 Å². The summed E-state index contributed by atoms with van der Waals surface area (Å²) in [5, 5.41) is 31.0. The maximum atomic E-state index is 10.7. The van der Waals surface area contributed by atoms with Crippen LogP contribution in [0.4, 0.5) is 0 Å². The molecule has 0 spiro atoms. The number of hydrogen-bond donors (Lipinski definition) is 3. The lowest BCUT2D eigenvalue weighted by Gasteiger charge is -2.14. The van der Waals surface area contributed by atoms with Crippen LogP contribution in [0.1, 0.15) is 45.9 Å². The first-order valence-corrected chi connectivity index (χ1v) is 9.28. The van der Waals surface area contributed by atoms with Crippen molar-refractivity contribution in [1.82, 2.24) is 0 Å². The van der Waals surface area contributed by atoms with Crippen LogP contribution in [0.15, 0.2) is 48.5 Å². The zero-order chi connectivity index (χ0) is 19.6. The number of benzene rings is 3. The highest BCUT2D eigenvalue weighted by Gasteiger charge is 2.13. The van der Waals surface area contributed by atoms with Gasteiger partial charge in [0, 0.05) is 12.8 Å². The Labute approximate surface area is 160 Å². The van der Waals surface area contributed by atoms with Gasteiger partial charge in [-0.05, 0) is 60.2 Å². The topological polar surface area (TPSA) is 60.7 Å². The van der Waals surface area contributed by atoms with Crippen molar-refractivity contribution in [3.8, 4) is 17.2 Å². The molecule has 0 aliphatic carbocycles. The summed E-state index contributed by atoms with van der Waals surface area (Å²) in [6.45, 7) is 6.00. The van der Waals surface area contributed by atoms with Crippen molar-refractivity contribution < 1.29 is 15.3 Å². The minimum absolute atomic E-state index is 0.236. The standard InChI is InChI=1S/C24H26O3/c1-4-18-11-17(12-19-9-15(2)5-7-22(19)25)13-21(24(18)27)14-20-10-16(3)6-8-23(20)26/h5-11,13,25-27H,4,12,14H2,1-3H3. The van der Waals surface area contributed by atoms with Crippen LogP contribution < -0.4 is 0 Å². The highest BCUT2D eigenvalue weighted by molar-refractivity contribution is 5.50. The van der Waals surface area contributed by atoms with Crippen LogP contribution in [-0.2, 0) is 19.3 Å². The molecule has 0 aliphatic heterocycles. The quantitative estimate of drug-likeness (QED) is 0.587. The van der Waals surface area contributed by atoms with Crippen molar-refractivity contribution in [2.45, 2.75) is 40.0 Å². The summed E-state index contributed by atoms with van der Waals surface area (Å²) < 4.78 is 0. The van der Waals surface area contributed by atoms with Crippen LogP contribution >= 0.6 is 0 Å². The molecule has 0 aromatic heterocycles. The van der Waals surface area contributed by atoms with Gasteiger partial charge in [0.2, 0.25) is 0 Å². The number of aromatic hydroxyl groups is 3. The van der Waals surface area contributed by atoms with Crippen molar-refractivity contribution in [3.63, 3.8) is 0 Å². The van der Waals surface area contributed by atoms with Crippen molar-refractivity contribution in [3.05, 3.63) is 87.5 Å². The summed E-state index contributed by atoms with van der Waals surface area (Å²) in [5.41, 5.74) is 6.53. The van der Waals surface area contributed by atoms with Gasteiger partial charge in [0.15, 0.2) is 0 Å². The van der Waals surface area contributed by atoms with E-state index in [0.29, 0.717) is 19.3 Å². The van der Waals surface area contributed by atoms with Gasteiger partial charge in [0.05, 0.1) is 0 Å². The molecule has 0 radical (unpaired) electrons.